The zero-order valence-corrected chi connectivity index (χ0v) is 19.5. The van der Waals surface area contributed by atoms with Crippen molar-refractivity contribution in [3.8, 4) is 0 Å². The van der Waals surface area contributed by atoms with E-state index in [4.69, 9.17) is 9.26 Å². The quantitative estimate of drug-likeness (QED) is 0.313. The third-order valence-electron chi connectivity index (χ3n) is 4.52. The molecule has 27 heavy (non-hydrogen) atoms. The summed E-state index contributed by atoms with van der Waals surface area (Å²) in [6, 6.07) is 2.46. The van der Waals surface area contributed by atoms with Crippen molar-refractivity contribution in [2.75, 3.05) is 39.4 Å². The molecule has 8 heteroatoms. The van der Waals surface area contributed by atoms with Crippen molar-refractivity contribution in [3.05, 3.63) is 17.5 Å². The zero-order chi connectivity index (χ0) is 18.8. The Morgan fingerprint density at radius 1 is 1.26 bits per heavy atom. The summed E-state index contributed by atoms with van der Waals surface area (Å²) in [7, 11) is 0. The molecule has 1 aliphatic heterocycles. The molecule has 7 nitrogen and oxygen atoms in total. The molecule has 0 aliphatic carbocycles. The van der Waals surface area contributed by atoms with Gasteiger partial charge in [0.2, 0.25) is 0 Å². The third-order valence-corrected chi connectivity index (χ3v) is 4.52. The molecule has 1 atom stereocenters. The van der Waals surface area contributed by atoms with E-state index in [1.807, 2.05) is 6.07 Å². The second-order valence-electron chi connectivity index (χ2n) is 7.15. The monoisotopic (exact) mass is 493 g/mol. The van der Waals surface area contributed by atoms with Crippen LogP contribution in [-0.4, -0.2) is 61.5 Å². The molecule has 0 bridgehead atoms. The van der Waals surface area contributed by atoms with Crippen molar-refractivity contribution in [2.45, 2.75) is 53.1 Å². The highest BCUT2D eigenvalue weighted by atomic mass is 127. The van der Waals surface area contributed by atoms with Crippen LogP contribution in [0.15, 0.2) is 15.6 Å². The summed E-state index contributed by atoms with van der Waals surface area (Å²) >= 11 is 0. The van der Waals surface area contributed by atoms with Gasteiger partial charge in [-0.25, -0.2) is 4.99 Å². The van der Waals surface area contributed by atoms with Gasteiger partial charge >= 0.3 is 0 Å². The number of aryl methyl sites for hydroxylation is 1. The summed E-state index contributed by atoms with van der Waals surface area (Å²) < 4.78 is 10.8. The Labute approximate surface area is 180 Å². The zero-order valence-electron chi connectivity index (χ0n) is 17.2. The lowest BCUT2D eigenvalue weighted by atomic mass is 10.0. The van der Waals surface area contributed by atoms with Gasteiger partial charge in [-0.1, -0.05) is 25.9 Å². The van der Waals surface area contributed by atoms with Gasteiger partial charge in [-0.3, -0.25) is 4.90 Å². The van der Waals surface area contributed by atoms with E-state index in [1.165, 1.54) is 0 Å². The van der Waals surface area contributed by atoms with Crippen molar-refractivity contribution in [1.82, 2.24) is 20.7 Å². The van der Waals surface area contributed by atoms with Crippen molar-refractivity contribution < 1.29 is 9.26 Å². The van der Waals surface area contributed by atoms with Crippen LogP contribution in [0, 0.1) is 5.92 Å². The highest BCUT2D eigenvalue weighted by Crippen LogP contribution is 2.13. The van der Waals surface area contributed by atoms with E-state index in [-0.39, 0.29) is 24.0 Å². The van der Waals surface area contributed by atoms with Gasteiger partial charge in [-0.15, -0.1) is 24.0 Å². The Bertz CT molecular complexity index is 544. The molecule has 0 amide bonds. The van der Waals surface area contributed by atoms with E-state index < -0.39 is 0 Å². The summed E-state index contributed by atoms with van der Waals surface area (Å²) in [6.45, 7) is 14.6. The van der Waals surface area contributed by atoms with Gasteiger partial charge in [0.1, 0.15) is 6.54 Å². The normalized spacial score (nSPS) is 16.9. The van der Waals surface area contributed by atoms with Crippen molar-refractivity contribution in [2.24, 2.45) is 10.9 Å². The Kier molecular flexibility index (Phi) is 11.9. The van der Waals surface area contributed by atoms with Crippen molar-refractivity contribution in [3.63, 3.8) is 0 Å². The van der Waals surface area contributed by atoms with Crippen molar-refractivity contribution >= 4 is 29.9 Å². The molecule has 156 valence electrons. The van der Waals surface area contributed by atoms with Crippen LogP contribution >= 0.6 is 24.0 Å². The molecule has 0 radical (unpaired) electrons. The van der Waals surface area contributed by atoms with Gasteiger partial charge in [0.25, 0.3) is 0 Å². The fraction of sp³-hybridized carbons (Fsp3) is 0.789. The topological polar surface area (TPSA) is 74.9 Å². The van der Waals surface area contributed by atoms with Crippen LogP contribution < -0.4 is 10.6 Å². The van der Waals surface area contributed by atoms with Crippen LogP contribution in [0.1, 0.15) is 45.6 Å². The first-order valence-corrected chi connectivity index (χ1v) is 9.90. The number of halogens is 1. The van der Waals surface area contributed by atoms with Crippen LogP contribution in [0.3, 0.4) is 0 Å². The number of aromatic nitrogens is 1. The lowest BCUT2D eigenvalue weighted by Gasteiger charge is -2.35. The van der Waals surface area contributed by atoms with Gasteiger partial charge in [0, 0.05) is 38.3 Å². The minimum Gasteiger partial charge on any atom is -0.379 e. The minimum absolute atomic E-state index is 0. The van der Waals surface area contributed by atoms with Gasteiger partial charge in [0.15, 0.2) is 11.7 Å². The maximum atomic E-state index is 5.50. The largest absolute Gasteiger partial charge is 0.379 e. The number of rotatable bonds is 9. The third kappa shape index (κ3) is 8.78. The van der Waals surface area contributed by atoms with Crippen LogP contribution in [-0.2, 0) is 17.7 Å². The van der Waals surface area contributed by atoms with Gasteiger partial charge in [0.05, 0.1) is 18.9 Å². The molecule has 2 heterocycles. The highest BCUT2D eigenvalue weighted by Gasteiger charge is 2.22. The minimum atomic E-state index is 0. The molecule has 0 spiro atoms. The number of nitrogens with one attached hydrogen (secondary N) is 2. The Balaban J connectivity index is 0.00000364. The van der Waals surface area contributed by atoms with Crippen LogP contribution in [0.2, 0.25) is 0 Å². The van der Waals surface area contributed by atoms with E-state index in [0.29, 0.717) is 18.5 Å². The Morgan fingerprint density at radius 3 is 2.59 bits per heavy atom. The van der Waals surface area contributed by atoms with E-state index in [0.717, 1.165) is 69.6 Å². The molecule has 2 N–H and O–H groups in total. The number of morpholine rings is 1. The molecular formula is C19H36IN5O2. The first-order valence-electron chi connectivity index (χ1n) is 9.90. The number of nitrogens with zero attached hydrogens (tertiary/aromatic N) is 3. The number of guanidine groups is 1. The second kappa shape index (κ2) is 13.3. The van der Waals surface area contributed by atoms with Gasteiger partial charge < -0.3 is 19.9 Å². The van der Waals surface area contributed by atoms with E-state index in [9.17, 15) is 0 Å². The molecular weight excluding hydrogens is 457 g/mol. The molecule has 1 aromatic heterocycles. The maximum Gasteiger partial charge on any atom is 0.191 e. The smallest absolute Gasteiger partial charge is 0.191 e. The molecule has 0 saturated carbocycles. The van der Waals surface area contributed by atoms with Crippen LogP contribution in [0.5, 0.6) is 0 Å². The average Bonchev–Trinajstić information content (AvgIpc) is 3.11. The second-order valence-corrected chi connectivity index (χ2v) is 7.15. The fourth-order valence-electron chi connectivity index (χ4n) is 3.16. The Morgan fingerprint density at radius 2 is 2.00 bits per heavy atom. The SMILES string of the molecule is CCNC(=NCc1cc(CC)no1)NCC(CC(C)C)N1CCOCC1.I. The number of aliphatic imine (C=N–C) groups is 1. The fourth-order valence-corrected chi connectivity index (χ4v) is 3.16. The Hall–Kier alpha value is -0.870. The summed E-state index contributed by atoms with van der Waals surface area (Å²) in [5, 5.41) is 10.9. The molecule has 1 unspecified atom stereocenters. The van der Waals surface area contributed by atoms with Crippen LogP contribution in [0.25, 0.3) is 0 Å². The molecule has 0 aromatic carbocycles. The highest BCUT2D eigenvalue weighted by molar-refractivity contribution is 14.0. The number of ether oxygens (including phenoxy) is 1. The molecule has 1 saturated heterocycles. The summed E-state index contributed by atoms with van der Waals surface area (Å²) in [5.74, 6) is 2.28. The summed E-state index contributed by atoms with van der Waals surface area (Å²) in [4.78, 5) is 7.18. The first kappa shape index (κ1) is 24.2. The first-order chi connectivity index (χ1) is 12.6. The molecule has 1 aromatic rings. The molecule has 1 fully saturated rings. The van der Waals surface area contributed by atoms with Crippen LogP contribution in [0.4, 0.5) is 0 Å². The summed E-state index contributed by atoms with van der Waals surface area (Å²) in [5.41, 5.74) is 0.970. The average molecular weight is 493 g/mol. The van der Waals surface area contributed by atoms with Gasteiger partial charge in [-0.2, -0.15) is 0 Å². The van der Waals surface area contributed by atoms with E-state index >= 15 is 0 Å². The van der Waals surface area contributed by atoms with Crippen molar-refractivity contribution in [1.29, 1.82) is 0 Å². The van der Waals surface area contributed by atoms with Gasteiger partial charge in [-0.05, 0) is 25.7 Å². The predicted octanol–water partition coefficient (Wildman–Crippen LogP) is 2.66. The van der Waals surface area contributed by atoms with E-state index in [1.54, 1.807) is 0 Å². The maximum absolute atomic E-state index is 5.50. The molecule has 2 rings (SSSR count). The predicted molar refractivity (Wildman–Crippen MR) is 120 cm³/mol. The lowest BCUT2D eigenvalue weighted by Crippen LogP contribution is -2.51. The van der Waals surface area contributed by atoms with E-state index in [2.05, 4.69) is 53.4 Å². The molecule has 1 aliphatic rings. The summed E-state index contributed by atoms with van der Waals surface area (Å²) in [6.07, 6.45) is 2.04. The number of hydrogen-bond acceptors (Lipinski definition) is 5. The standard InChI is InChI=1S/C19H35N5O2.HI/c1-5-16-12-18(26-23-16)14-22-19(20-6-2)21-13-17(11-15(3)4)24-7-9-25-10-8-24;/h12,15,17H,5-11,13-14H2,1-4H3,(H2,20,21,22);1H. The lowest BCUT2D eigenvalue weighted by molar-refractivity contribution is 0.0132. The number of hydrogen-bond donors (Lipinski definition) is 2.